The van der Waals surface area contributed by atoms with E-state index in [1.54, 1.807) is 6.92 Å². The van der Waals surface area contributed by atoms with E-state index in [1.807, 2.05) is 11.0 Å². The Bertz CT molecular complexity index is 518. The maximum atomic E-state index is 12.7. The Morgan fingerprint density at radius 2 is 2.00 bits per heavy atom. The highest BCUT2D eigenvalue weighted by Gasteiger charge is 2.28. The number of hydrogen-bond acceptors (Lipinski definition) is 2. The highest BCUT2D eigenvalue weighted by atomic mass is 16.3. The van der Waals surface area contributed by atoms with Gasteiger partial charge in [0, 0.05) is 19.0 Å². The molecule has 1 N–H and O–H groups in total. The molecule has 0 saturated heterocycles. The summed E-state index contributed by atoms with van der Waals surface area (Å²) in [4.78, 5) is 14.7. The molecule has 114 valence electrons. The Morgan fingerprint density at radius 3 is 2.71 bits per heavy atom. The lowest BCUT2D eigenvalue weighted by molar-refractivity contribution is -0.137. The van der Waals surface area contributed by atoms with Crippen LogP contribution in [0.3, 0.4) is 0 Å². The second-order valence-corrected chi connectivity index (χ2v) is 6.55. The number of nitrogens with zero attached hydrogens (tertiary/aromatic N) is 1. The molecular weight excluding hydrogens is 262 g/mol. The molecule has 21 heavy (non-hydrogen) atoms. The van der Waals surface area contributed by atoms with E-state index in [0.29, 0.717) is 12.5 Å². The van der Waals surface area contributed by atoms with Crippen LogP contribution in [0.1, 0.15) is 61.8 Å². The van der Waals surface area contributed by atoms with Crippen LogP contribution in [0, 0.1) is 5.92 Å². The van der Waals surface area contributed by atoms with Crippen molar-refractivity contribution >= 4 is 5.91 Å². The monoisotopic (exact) mass is 287 g/mol. The summed E-state index contributed by atoms with van der Waals surface area (Å²) in [5.74, 6) is 0.600. The van der Waals surface area contributed by atoms with Crippen molar-refractivity contribution in [3.63, 3.8) is 0 Å². The van der Waals surface area contributed by atoms with E-state index >= 15 is 0 Å². The van der Waals surface area contributed by atoms with Crippen LogP contribution in [-0.2, 0) is 17.8 Å². The van der Waals surface area contributed by atoms with Gasteiger partial charge in [0.15, 0.2) is 0 Å². The minimum Gasteiger partial charge on any atom is -0.389 e. The average molecular weight is 287 g/mol. The second-order valence-electron chi connectivity index (χ2n) is 6.55. The van der Waals surface area contributed by atoms with Crippen molar-refractivity contribution < 1.29 is 9.90 Å². The number of aliphatic hydroxyl groups is 1. The Morgan fingerprint density at radius 1 is 1.24 bits per heavy atom. The number of carbonyl (C=O) groups is 1. The average Bonchev–Trinajstić information content (AvgIpc) is 2.54. The Hall–Kier alpha value is -1.35. The van der Waals surface area contributed by atoms with Crippen molar-refractivity contribution in [1.29, 1.82) is 0 Å². The number of aliphatic hydroxyl groups excluding tert-OH is 1. The number of amides is 1. The van der Waals surface area contributed by atoms with Crippen molar-refractivity contribution in [2.45, 2.75) is 58.1 Å². The summed E-state index contributed by atoms with van der Waals surface area (Å²) in [6.07, 6.45) is 6.31. The molecule has 0 bridgehead atoms. The number of rotatable bonds is 2. The lowest BCUT2D eigenvalue weighted by Gasteiger charge is -2.33. The van der Waals surface area contributed by atoms with Crippen LogP contribution in [-0.4, -0.2) is 22.5 Å². The van der Waals surface area contributed by atoms with Crippen molar-refractivity contribution in [1.82, 2.24) is 4.90 Å². The fourth-order valence-corrected chi connectivity index (χ4v) is 3.63. The van der Waals surface area contributed by atoms with Gasteiger partial charge in [-0.2, -0.15) is 0 Å². The smallest absolute Gasteiger partial charge is 0.225 e. The van der Waals surface area contributed by atoms with E-state index in [1.165, 1.54) is 30.4 Å². The molecule has 3 rings (SSSR count). The first-order chi connectivity index (χ1) is 10.1. The van der Waals surface area contributed by atoms with Crippen LogP contribution < -0.4 is 0 Å². The Kier molecular flexibility index (Phi) is 4.29. The molecule has 1 amide bonds. The first-order valence-electron chi connectivity index (χ1n) is 8.23. The van der Waals surface area contributed by atoms with Crippen molar-refractivity contribution in [2.75, 3.05) is 6.54 Å². The van der Waals surface area contributed by atoms with E-state index in [-0.39, 0.29) is 5.92 Å². The first-order valence-corrected chi connectivity index (χ1v) is 8.23. The summed E-state index contributed by atoms with van der Waals surface area (Å²) in [7, 11) is 0. The quantitative estimate of drug-likeness (QED) is 0.907. The minimum absolute atomic E-state index is 0.250. The number of benzene rings is 1. The molecule has 0 aromatic heterocycles. The molecule has 2 aliphatic rings. The summed E-state index contributed by atoms with van der Waals surface area (Å²) in [6, 6.07) is 6.18. The molecule has 1 atom stereocenters. The SMILES string of the molecule is CC(O)c1ccc2c(c1)CN(C(=O)C1CCCCC1)CC2. The van der Waals surface area contributed by atoms with Crippen molar-refractivity contribution in [2.24, 2.45) is 5.92 Å². The van der Waals surface area contributed by atoms with Gasteiger partial charge in [-0.25, -0.2) is 0 Å². The fraction of sp³-hybridized carbons (Fsp3) is 0.611. The predicted octanol–water partition coefficient (Wildman–Crippen LogP) is 3.20. The van der Waals surface area contributed by atoms with Gasteiger partial charge in [0.2, 0.25) is 5.91 Å². The van der Waals surface area contributed by atoms with Crippen LogP contribution in [0.2, 0.25) is 0 Å². The van der Waals surface area contributed by atoms with Crippen LogP contribution >= 0.6 is 0 Å². The van der Waals surface area contributed by atoms with Gasteiger partial charge in [0.05, 0.1) is 6.10 Å². The second kappa shape index (κ2) is 6.18. The van der Waals surface area contributed by atoms with Crippen LogP contribution in [0.5, 0.6) is 0 Å². The van der Waals surface area contributed by atoms with Gasteiger partial charge in [-0.3, -0.25) is 4.79 Å². The number of carbonyl (C=O) groups excluding carboxylic acids is 1. The van der Waals surface area contributed by atoms with Crippen LogP contribution in [0.15, 0.2) is 18.2 Å². The van der Waals surface area contributed by atoms with E-state index in [0.717, 1.165) is 31.4 Å². The molecule has 1 saturated carbocycles. The topological polar surface area (TPSA) is 40.5 Å². The van der Waals surface area contributed by atoms with Crippen molar-refractivity contribution in [3.05, 3.63) is 34.9 Å². The third-order valence-corrected chi connectivity index (χ3v) is 4.99. The molecule has 1 unspecified atom stereocenters. The third kappa shape index (κ3) is 3.13. The van der Waals surface area contributed by atoms with Gasteiger partial charge in [-0.05, 0) is 42.9 Å². The standard InChI is InChI=1S/C18H25NO2/c1-13(20)16-8-7-14-9-10-19(12-17(14)11-16)18(21)15-5-3-2-4-6-15/h7-8,11,13,15,20H,2-6,9-10,12H2,1H3. The normalized spacial score (nSPS) is 21.0. The molecular formula is C18H25NO2. The molecule has 1 aliphatic carbocycles. The number of hydrogen-bond donors (Lipinski definition) is 1. The maximum Gasteiger partial charge on any atom is 0.225 e. The predicted molar refractivity (Wildman–Crippen MR) is 82.8 cm³/mol. The van der Waals surface area contributed by atoms with E-state index in [4.69, 9.17) is 0 Å². The highest BCUT2D eigenvalue weighted by molar-refractivity contribution is 5.79. The maximum absolute atomic E-state index is 12.7. The van der Waals surface area contributed by atoms with E-state index < -0.39 is 6.10 Å². The van der Waals surface area contributed by atoms with Gasteiger partial charge in [-0.15, -0.1) is 0 Å². The minimum atomic E-state index is -0.445. The molecule has 3 heteroatoms. The summed E-state index contributed by atoms with van der Waals surface area (Å²) in [6.45, 7) is 3.34. The van der Waals surface area contributed by atoms with Crippen LogP contribution in [0.4, 0.5) is 0 Å². The van der Waals surface area contributed by atoms with Gasteiger partial charge in [0.1, 0.15) is 0 Å². The van der Waals surface area contributed by atoms with Crippen LogP contribution in [0.25, 0.3) is 0 Å². The molecule has 0 spiro atoms. The highest BCUT2D eigenvalue weighted by Crippen LogP contribution is 2.29. The molecule has 1 aromatic carbocycles. The summed E-state index contributed by atoms with van der Waals surface area (Å²) < 4.78 is 0. The zero-order valence-corrected chi connectivity index (χ0v) is 12.8. The Balaban J connectivity index is 1.73. The fourth-order valence-electron chi connectivity index (χ4n) is 3.63. The first kappa shape index (κ1) is 14.6. The lowest BCUT2D eigenvalue weighted by atomic mass is 9.87. The third-order valence-electron chi connectivity index (χ3n) is 4.99. The zero-order chi connectivity index (χ0) is 14.8. The summed E-state index contributed by atoms with van der Waals surface area (Å²) >= 11 is 0. The summed E-state index contributed by atoms with van der Waals surface area (Å²) in [5.41, 5.74) is 3.48. The summed E-state index contributed by atoms with van der Waals surface area (Å²) in [5, 5.41) is 9.72. The molecule has 1 aliphatic heterocycles. The van der Waals surface area contributed by atoms with E-state index in [9.17, 15) is 9.90 Å². The molecule has 0 radical (unpaired) electrons. The van der Waals surface area contributed by atoms with Crippen molar-refractivity contribution in [3.8, 4) is 0 Å². The van der Waals surface area contributed by atoms with Gasteiger partial charge >= 0.3 is 0 Å². The zero-order valence-electron chi connectivity index (χ0n) is 12.8. The molecule has 3 nitrogen and oxygen atoms in total. The van der Waals surface area contributed by atoms with Gasteiger partial charge in [-0.1, -0.05) is 37.5 Å². The molecule has 1 heterocycles. The molecule has 1 fully saturated rings. The number of fused-ring (bicyclic) bond motifs is 1. The van der Waals surface area contributed by atoms with Gasteiger partial charge < -0.3 is 10.0 Å². The van der Waals surface area contributed by atoms with Gasteiger partial charge in [0.25, 0.3) is 0 Å². The Labute approximate surface area is 127 Å². The largest absolute Gasteiger partial charge is 0.389 e. The lowest BCUT2D eigenvalue weighted by Crippen LogP contribution is -2.40. The molecule has 1 aromatic rings. The van der Waals surface area contributed by atoms with E-state index in [2.05, 4.69) is 12.1 Å².